The topological polar surface area (TPSA) is 86.2 Å². The Balaban J connectivity index is 2.19. The van der Waals surface area contributed by atoms with E-state index in [1.54, 1.807) is 19.2 Å². The molecule has 0 saturated heterocycles. The van der Waals surface area contributed by atoms with Gasteiger partial charge in [0.1, 0.15) is 0 Å². The van der Waals surface area contributed by atoms with Crippen molar-refractivity contribution in [3.05, 3.63) is 51.6 Å². The van der Waals surface area contributed by atoms with Crippen LogP contribution in [0, 0.1) is 13.8 Å². The van der Waals surface area contributed by atoms with Gasteiger partial charge in [0.15, 0.2) is 17.1 Å². The van der Waals surface area contributed by atoms with E-state index < -0.39 is 29.1 Å². The first kappa shape index (κ1) is 21.9. The minimum Gasteiger partial charge on any atom is -0.490 e. The second kappa shape index (κ2) is 8.95. The molecule has 2 atom stereocenters. The molecular weight excluding hydrogens is 416 g/mol. The molecule has 2 heterocycles. The van der Waals surface area contributed by atoms with Crippen LogP contribution in [0.4, 0.5) is 8.78 Å². The Hall–Kier alpha value is -2.75. The zero-order valence-corrected chi connectivity index (χ0v) is 17.9. The number of hydrogen-bond acceptors (Lipinski definition) is 5. The molecule has 1 N–H and O–H groups in total. The summed E-state index contributed by atoms with van der Waals surface area (Å²) in [5.74, 6) is 0.139. The van der Waals surface area contributed by atoms with Gasteiger partial charge in [0, 0.05) is 29.0 Å². The van der Waals surface area contributed by atoms with Gasteiger partial charge >= 0.3 is 12.3 Å². The molecule has 1 aromatic carbocycles. The van der Waals surface area contributed by atoms with Crippen molar-refractivity contribution in [2.45, 2.75) is 33.4 Å². The third-order valence-corrected chi connectivity index (χ3v) is 5.61. The number of alkyl halides is 2. The quantitative estimate of drug-likeness (QED) is 0.582. The summed E-state index contributed by atoms with van der Waals surface area (Å²) in [5.41, 5.74) is 3.03. The average Bonchev–Trinajstić information content (AvgIpc) is 3.00. The predicted molar refractivity (Wildman–Crippen MR) is 111 cm³/mol. The first-order chi connectivity index (χ1) is 14.2. The summed E-state index contributed by atoms with van der Waals surface area (Å²) < 4.78 is 49.0. The van der Waals surface area contributed by atoms with Crippen molar-refractivity contribution in [2.75, 3.05) is 18.6 Å². The number of fused-ring (bicyclic) bond motifs is 1. The van der Waals surface area contributed by atoms with Crippen LogP contribution in [0.2, 0.25) is 0 Å². The average molecular weight is 439 g/mol. The first-order valence-corrected chi connectivity index (χ1v) is 11.0. The molecule has 0 radical (unpaired) electrons. The Morgan fingerprint density at radius 1 is 1.27 bits per heavy atom. The number of hydrogen-bond donors (Lipinski definition) is 1. The summed E-state index contributed by atoms with van der Waals surface area (Å²) >= 11 is 0. The Morgan fingerprint density at radius 3 is 2.63 bits per heavy atom. The molecule has 0 aliphatic heterocycles. The largest absolute Gasteiger partial charge is 0.490 e. The molecule has 2 unspecified atom stereocenters. The molecule has 0 fully saturated rings. The van der Waals surface area contributed by atoms with E-state index in [-0.39, 0.29) is 23.9 Å². The number of ether oxygens (including phenoxy) is 2. The van der Waals surface area contributed by atoms with Crippen LogP contribution < -0.4 is 15.2 Å². The highest BCUT2D eigenvalue weighted by Crippen LogP contribution is 2.34. The van der Waals surface area contributed by atoms with Crippen LogP contribution in [0.1, 0.15) is 29.7 Å². The Kier molecular flexibility index (Phi) is 6.55. The van der Waals surface area contributed by atoms with Crippen molar-refractivity contribution in [3.63, 3.8) is 0 Å². The standard InChI is InChI=1S/C20H23F2N3O4S/c1-5-28-16-8-13(6-7-15(16)29-19(21)22)14(10-30(4)27)25-18-17(24-20(25)26)12(3)11(2)9-23-18/h6-9,14,19H,5,10H2,1-4H3,(H,24,26). The molecule has 162 valence electrons. The van der Waals surface area contributed by atoms with Gasteiger partial charge in [0.2, 0.25) is 0 Å². The number of H-pyrrole nitrogens is 1. The van der Waals surface area contributed by atoms with Crippen LogP contribution in [-0.2, 0) is 10.8 Å². The lowest BCUT2D eigenvalue weighted by Crippen LogP contribution is -2.27. The maximum absolute atomic E-state index is 12.8. The van der Waals surface area contributed by atoms with E-state index >= 15 is 0 Å². The van der Waals surface area contributed by atoms with E-state index in [1.165, 1.54) is 23.0 Å². The van der Waals surface area contributed by atoms with Gasteiger partial charge in [0.25, 0.3) is 0 Å². The predicted octanol–water partition coefficient (Wildman–Crippen LogP) is 3.31. The highest BCUT2D eigenvalue weighted by atomic mass is 32.2. The number of aromatic amines is 1. The van der Waals surface area contributed by atoms with Gasteiger partial charge in [-0.1, -0.05) is 6.07 Å². The number of nitrogens with zero attached hydrogens (tertiary/aromatic N) is 2. The molecule has 30 heavy (non-hydrogen) atoms. The van der Waals surface area contributed by atoms with Crippen molar-refractivity contribution >= 4 is 22.0 Å². The molecule has 3 aromatic rings. The van der Waals surface area contributed by atoms with Gasteiger partial charge < -0.3 is 14.5 Å². The van der Waals surface area contributed by atoms with Crippen molar-refractivity contribution in [3.8, 4) is 11.5 Å². The lowest BCUT2D eigenvalue weighted by atomic mass is 10.1. The van der Waals surface area contributed by atoms with Crippen molar-refractivity contribution in [2.24, 2.45) is 0 Å². The van der Waals surface area contributed by atoms with Gasteiger partial charge in [-0.2, -0.15) is 8.78 Å². The number of aryl methyl sites for hydroxylation is 2. The van der Waals surface area contributed by atoms with E-state index in [0.29, 0.717) is 16.7 Å². The number of aromatic nitrogens is 3. The molecule has 0 spiro atoms. The third-order valence-electron chi connectivity index (χ3n) is 4.82. The smallest absolute Gasteiger partial charge is 0.387 e. The minimum atomic E-state index is -3.00. The number of rotatable bonds is 8. The second-order valence-corrected chi connectivity index (χ2v) is 8.32. The highest BCUT2D eigenvalue weighted by Gasteiger charge is 2.24. The van der Waals surface area contributed by atoms with Crippen LogP contribution in [-0.4, -0.2) is 44.0 Å². The Bertz CT molecular complexity index is 1140. The zero-order valence-electron chi connectivity index (χ0n) is 17.1. The molecule has 3 rings (SSSR count). The van der Waals surface area contributed by atoms with E-state index in [4.69, 9.17) is 4.74 Å². The van der Waals surface area contributed by atoms with E-state index in [1.807, 2.05) is 13.8 Å². The van der Waals surface area contributed by atoms with Crippen molar-refractivity contribution in [1.82, 2.24) is 14.5 Å². The lowest BCUT2D eigenvalue weighted by Gasteiger charge is -2.20. The van der Waals surface area contributed by atoms with Crippen LogP contribution in [0.25, 0.3) is 11.2 Å². The molecule has 0 bridgehead atoms. The lowest BCUT2D eigenvalue weighted by molar-refractivity contribution is -0.0514. The molecule has 2 aromatic heterocycles. The fourth-order valence-electron chi connectivity index (χ4n) is 3.30. The minimum absolute atomic E-state index is 0.108. The SMILES string of the molecule is CCOc1cc(C(CS(C)=O)n2c(=O)[nH]c3c(C)c(C)cnc32)ccc1OC(F)F. The summed E-state index contributed by atoms with van der Waals surface area (Å²) in [4.78, 5) is 20.1. The van der Waals surface area contributed by atoms with Gasteiger partial charge in [-0.15, -0.1) is 0 Å². The molecule has 0 aliphatic carbocycles. The number of benzene rings is 1. The summed E-state index contributed by atoms with van der Waals surface area (Å²) in [7, 11) is -1.26. The molecule has 0 saturated carbocycles. The molecule has 10 heteroatoms. The Labute approximate surface area is 174 Å². The highest BCUT2D eigenvalue weighted by molar-refractivity contribution is 7.84. The second-order valence-electron chi connectivity index (χ2n) is 6.84. The normalized spacial score (nSPS) is 13.6. The number of pyridine rings is 1. The Morgan fingerprint density at radius 2 is 2.00 bits per heavy atom. The summed E-state index contributed by atoms with van der Waals surface area (Å²) in [5, 5.41) is 0. The fraction of sp³-hybridized carbons (Fsp3) is 0.400. The third kappa shape index (κ3) is 4.38. The van der Waals surface area contributed by atoms with E-state index in [0.717, 1.165) is 11.1 Å². The first-order valence-electron chi connectivity index (χ1n) is 9.30. The van der Waals surface area contributed by atoms with Crippen molar-refractivity contribution in [1.29, 1.82) is 0 Å². The number of imidazole rings is 1. The van der Waals surface area contributed by atoms with Gasteiger partial charge in [0.05, 0.1) is 18.2 Å². The number of halogens is 2. The fourth-order valence-corrected chi connectivity index (χ4v) is 4.09. The monoisotopic (exact) mass is 439 g/mol. The maximum atomic E-state index is 12.8. The zero-order chi connectivity index (χ0) is 22.0. The summed E-state index contributed by atoms with van der Waals surface area (Å²) in [6, 6.07) is 3.81. The molecular formula is C20H23F2N3O4S. The summed E-state index contributed by atoms with van der Waals surface area (Å²) in [6.07, 6.45) is 3.21. The number of nitrogens with one attached hydrogen (secondary N) is 1. The van der Waals surface area contributed by atoms with Gasteiger partial charge in [-0.3, -0.25) is 8.78 Å². The van der Waals surface area contributed by atoms with E-state index in [2.05, 4.69) is 14.7 Å². The van der Waals surface area contributed by atoms with Crippen molar-refractivity contribution < 1.29 is 22.5 Å². The van der Waals surface area contributed by atoms with Crippen LogP contribution in [0.5, 0.6) is 11.5 Å². The van der Waals surface area contributed by atoms with Crippen LogP contribution in [0.3, 0.4) is 0 Å². The van der Waals surface area contributed by atoms with Gasteiger partial charge in [-0.25, -0.2) is 9.78 Å². The summed E-state index contributed by atoms with van der Waals surface area (Å²) in [6.45, 7) is 2.74. The van der Waals surface area contributed by atoms with Gasteiger partial charge in [-0.05, 0) is 49.6 Å². The van der Waals surface area contributed by atoms with Crippen LogP contribution >= 0.6 is 0 Å². The maximum Gasteiger partial charge on any atom is 0.387 e. The van der Waals surface area contributed by atoms with Crippen LogP contribution in [0.15, 0.2) is 29.2 Å². The van der Waals surface area contributed by atoms with E-state index in [9.17, 15) is 17.8 Å². The molecule has 7 nitrogen and oxygen atoms in total. The molecule has 0 aliphatic rings. The molecule has 0 amide bonds.